The molecule has 2 amide bonds. The van der Waals surface area contributed by atoms with Crippen LogP contribution in [0.1, 0.15) is 75.6 Å². The predicted octanol–water partition coefficient (Wildman–Crippen LogP) is 5.75. The van der Waals surface area contributed by atoms with Gasteiger partial charge in [-0.3, -0.25) is 14.2 Å². The van der Waals surface area contributed by atoms with Crippen molar-refractivity contribution >= 4 is 28.5 Å². The Bertz CT molecular complexity index is 2030. The van der Waals surface area contributed by atoms with Crippen molar-refractivity contribution < 1.29 is 24.2 Å². The topological polar surface area (TPSA) is 117 Å². The van der Waals surface area contributed by atoms with Gasteiger partial charge in [0.05, 0.1) is 46.7 Å². The quantitative estimate of drug-likeness (QED) is 0.214. The van der Waals surface area contributed by atoms with Gasteiger partial charge in [-0.25, -0.2) is 9.69 Å². The fraction of sp³-hybridized carbons (Fsp3) is 0.308. The van der Waals surface area contributed by atoms with E-state index in [2.05, 4.69) is 16.8 Å². The summed E-state index contributed by atoms with van der Waals surface area (Å²) in [5.74, 6) is -0.655. The summed E-state index contributed by atoms with van der Waals surface area (Å²) in [5.41, 5.74) is 5.66. The highest BCUT2D eigenvalue weighted by molar-refractivity contribution is 6.34. The largest absolute Gasteiger partial charge is 0.392 e. The molecule has 4 heterocycles. The third kappa shape index (κ3) is 5.70. The average Bonchev–Trinajstić information content (AvgIpc) is 3.61. The number of nitrogens with one attached hydrogen (secondary N) is 1. The number of amides is 2. The van der Waals surface area contributed by atoms with Gasteiger partial charge in [-0.2, -0.15) is 0 Å². The third-order valence-corrected chi connectivity index (χ3v) is 10.3. The number of rotatable bonds is 7. The van der Waals surface area contributed by atoms with Crippen LogP contribution in [0.25, 0.3) is 11.0 Å². The normalized spacial score (nSPS) is 23.3. The molecule has 4 atom stereocenters. The number of hydrogen-bond acceptors (Lipinski definition) is 7. The van der Waals surface area contributed by atoms with Crippen molar-refractivity contribution in [3.8, 4) is 0 Å². The van der Waals surface area contributed by atoms with Gasteiger partial charge < -0.3 is 24.5 Å². The monoisotopic (exact) mass is 658 g/mol. The summed E-state index contributed by atoms with van der Waals surface area (Å²) in [6.45, 7) is 4.49. The molecule has 0 saturated carbocycles. The minimum absolute atomic E-state index is 0.0165. The maximum atomic E-state index is 13.1. The van der Waals surface area contributed by atoms with Crippen LogP contribution >= 0.6 is 0 Å². The van der Waals surface area contributed by atoms with Crippen molar-refractivity contribution in [1.82, 2.24) is 14.5 Å². The Hall–Kier alpha value is -4.87. The van der Waals surface area contributed by atoms with Crippen molar-refractivity contribution in [3.05, 3.63) is 135 Å². The number of imide groups is 1. The van der Waals surface area contributed by atoms with Crippen LogP contribution in [0.15, 0.2) is 102 Å². The zero-order valence-corrected chi connectivity index (χ0v) is 27.2. The van der Waals surface area contributed by atoms with Gasteiger partial charge in [-0.15, -0.1) is 0 Å². The van der Waals surface area contributed by atoms with Crippen LogP contribution in [0.3, 0.4) is 0 Å². The van der Waals surface area contributed by atoms with Gasteiger partial charge in [0.15, 0.2) is 6.29 Å². The number of likely N-dealkylation sites (tertiary alicyclic amines) is 1. The molecule has 1 aromatic heterocycles. The second kappa shape index (κ2) is 12.9. The summed E-state index contributed by atoms with van der Waals surface area (Å²) in [4.78, 5) is 45.6. The van der Waals surface area contributed by atoms with Crippen LogP contribution in [0.4, 0.5) is 5.69 Å². The number of para-hydroxylation sites is 2. The number of carbonyl (C=O) groups is 2. The van der Waals surface area contributed by atoms with Crippen LogP contribution < -0.4 is 10.6 Å². The van der Waals surface area contributed by atoms with Gasteiger partial charge in [0.1, 0.15) is 0 Å². The SMILES string of the molecule is C[C@H]1[C@@H](CN2CCC(n3c(=O)[nH]c4ccccc43)CC2)O[C@@H](c2ccc(N3C(=O)c4ccccc4C3=O)cc2)O[C@H]1c1ccc(CO)cc1. The van der Waals surface area contributed by atoms with Crippen LogP contribution in [-0.2, 0) is 16.1 Å². The molecular formula is C39H38N4O6. The van der Waals surface area contributed by atoms with E-state index in [0.29, 0.717) is 23.4 Å². The molecule has 0 bridgehead atoms. The molecule has 10 nitrogen and oxygen atoms in total. The maximum Gasteiger partial charge on any atom is 0.326 e. The molecule has 5 aromatic rings. The molecule has 4 aromatic carbocycles. The van der Waals surface area contributed by atoms with Gasteiger partial charge in [0, 0.05) is 37.2 Å². The van der Waals surface area contributed by atoms with E-state index >= 15 is 0 Å². The van der Waals surface area contributed by atoms with Crippen LogP contribution in [0.5, 0.6) is 0 Å². The number of aliphatic hydroxyl groups excluding tert-OH is 1. The van der Waals surface area contributed by atoms with Gasteiger partial charge in [0.25, 0.3) is 11.8 Å². The molecule has 49 heavy (non-hydrogen) atoms. The molecule has 0 spiro atoms. The molecule has 0 unspecified atom stereocenters. The number of fused-ring (bicyclic) bond motifs is 2. The summed E-state index contributed by atoms with van der Waals surface area (Å²) in [6.07, 6.45) is 0.601. The number of anilines is 1. The zero-order valence-electron chi connectivity index (χ0n) is 27.2. The smallest absolute Gasteiger partial charge is 0.326 e. The first kappa shape index (κ1) is 31.4. The number of aromatic amines is 1. The summed E-state index contributed by atoms with van der Waals surface area (Å²) >= 11 is 0. The zero-order chi connectivity index (χ0) is 33.6. The van der Waals surface area contributed by atoms with E-state index in [0.717, 1.165) is 53.7 Å². The second-order valence-electron chi connectivity index (χ2n) is 13.3. The lowest BCUT2D eigenvalue weighted by Crippen LogP contribution is -2.47. The number of H-pyrrole nitrogens is 1. The highest BCUT2D eigenvalue weighted by atomic mass is 16.7. The third-order valence-electron chi connectivity index (χ3n) is 10.3. The molecule has 2 fully saturated rings. The number of imidazole rings is 1. The lowest BCUT2D eigenvalue weighted by atomic mass is 9.89. The summed E-state index contributed by atoms with van der Waals surface area (Å²) in [6, 6.07) is 29.9. The Morgan fingerprint density at radius 1 is 0.776 bits per heavy atom. The fourth-order valence-corrected chi connectivity index (χ4v) is 7.58. The molecule has 0 aliphatic carbocycles. The van der Waals surface area contributed by atoms with Gasteiger partial charge in [-0.1, -0.05) is 67.6 Å². The number of aromatic nitrogens is 2. The summed E-state index contributed by atoms with van der Waals surface area (Å²) in [5, 5.41) is 9.61. The molecule has 2 saturated heterocycles. The Kier molecular flexibility index (Phi) is 8.25. The summed E-state index contributed by atoms with van der Waals surface area (Å²) in [7, 11) is 0. The maximum absolute atomic E-state index is 13.1. The van der Waals surface area contributed by atoms with E-state index in [9.17, 15) is 19.5 Å². The van der Waals surface area contributed by atoms with E-state index in [-0.39, 0.29) is 48.3 Å². The van der Waals surface area contributed by atoms with Gasteiger partial charge >= 0.3 is 5.69 Å². The van der Waals surface area contributed by atoms with Crippen molar-refractivity contribution in [2.45, 2.75) is 50.9 Å². The first-order valence-electron chi connectivity index (χ1n) is 16.9. The lowest BCUT2D eigenvalue weighted by molar-refractivity contribution is -0.276. The van der Waals surface area contributed by atoms with Crippen LogP contribution in [0, 0.1) is 5.92 Å². The Morgan fingerprint density at radius 2 is 1.41 bits per heavy atom. The highest BCUT2D eigenvalue weighted by Gasteiger charge is 2.40. The van der Waals surface area contributed by atoms with Crippen molar-refractivity contribution in [2.75, 3.05) is 24.5 Å². The Labute approximate surface area is 283 Å². The molecule has 8 rings (SSSR count). The summed E-state index contributed by atoms with van der Waals surface area (Å²) < 4.78 is 15.3. The van der Waals surface area contributed by atoms with E-state index in [1.807, 2.05) is 65.2 Å². The Balaban J connectivity index is 1.01. The second-order valence-corrected chi connectivity index (χ2v) is 13.3. The number of hydrogen-bond donors (Lipinski definition) is 2. The van der Waals surface area contributed by atoms with Crippen LogP contribution in [0.2, 0.25) is 0 Å². The van der Waals surface area contributed by atoms with Crippen LogP contribution in [-0.4, -0.2) is 57.1 Å². The van der Waals surface area contributed by atoms with E-state index in [4.69, 9.17) is 9.47 Å². The molecule has 3 aliphatic rings. The molecule has 250 valence electrons. The highest BCUT2D eigenvalue weighted by Crippen LogP contribution is 2.43. The number of piperidine rings is 1. The predicted molar refractivity (Wildman–Crippen MR) is 184 cm³/mol. The van der Waals surface area contributed by atoms with Crippen molar-refractivity contribution in [3.63, 3.8) is 0 Å². The van der Waals surface area contributed by atoms with Gasteiger partial charge in [0.2, 0.25) is 0 Å². The van der Waals surface area contributed by atoms with Crippen molar-refractivity contribution in [1.29, 1.82) is 0 Å². The molecule has 0 radical (unpaired) electrons. The average molecular weight is 659 g/mol. The molecule has 3 aliphatic heterocycles. The van der Waals surface area contributed by atoms with E-state index in [1.54, 1.807) is 36.4 Å². The minimum Gasteiger partial charge on any atom is -0.392 e. The first-order chi connectivity index (χ1) is 23.9. The number of ether oxygens (including phenoxy) is 2. The number of nitrogens with zero attached hydrogens (tertiary/aromatic N) is 3. The standard InChI is InChI=1S/C39H38N4O6/c1-24-34(22-41-20-18-29(19-21-41)42-33-9-5-4-8-32(33)40-39(42)47)48-38(49-35(24)26-12-10-25(23-44)11-13-26)27-14-16-28(17-15-27)43-36(45)30-6-2-3-7-31(30)37(43)46/h2-17,24,29,34-35,38,44H,18-23H2,1H3,(H,40,47)/t24-,34+,35+,38+/m0/s1. The Morgan fingerprint density at radius 3 is 2.08 bits per heavy atom. The fourth-order valence-electron chi connectivity index (χ4n) is 7.58. The van der Waals surface area contributed by atoms with Crippen molar-refractivity contribution in [2.24, 2.45) is 5.92 Å². The molecule has 10 heteroatoms. The lowest BCUT2D eigenvalue weighted by Gasteiger charge is -2.44. The minimum atomic E-state index is -0.678. The van der Waals surface area contributed by atoms with Gasteiger partial charge in [-0.05, 0) is 60.4 Å². The number of benzene rings is 4. The molecular weight excluding hydrogens is 620 g/mol. The number of carbonyl (C=O) groups excluding carboxylic acids is 2. The molecule has 2 N–H and O–H groups in total. The number of aliphatic hydroxyl groups is 1. The first-order valence-corrected chi connectivity index (χ1v) is 16.9. The van der Waals surface area contributed by atoms with E-state index in [1.165, 1.54) is 4.90 Å². The van der Waals surface area contributed by atoms with E-state index < -0.39 is 6.29 Å².